The fourth-order valence-corrected chi connectivity index (χ4v) is 0.452. The highest BCUT2D eigenvalue weighted by Gasteiger charge is 1.90. The van der Waals surface area contributed by atoms with Crippen LogP contribution in [0.3, 0.4) is 0 Å². The van der Waals surface area contributed by atoms with Gasteiger partial charge in [-0.3, -0.25) is 4.99 Å². The average molecular weight is 102 g/mol. The molecule has 32 valence electrons. The van der Waals surface area contributed by atoms with Crippen molar-refractivity contribution in [2.45, 2.75) is 6.42 Å². The third-order valence-electron chi connectivity index (χ3n) is 0.606. The van der Waals surface area contributed by atoms with E-state index in [-0.39, 0.29) is 0 Å². The minimum Gasteiger partial charge on any atom is -0.267 e. The van der Waals surface area contributed by atoms with Gasteiger partial charge in [0.15, 0.2) is 0 Å². The molecule has 0 saturated heterocycles. The van der Waals surface area contributed by atoms with E-state index in [4.69, 9.17) is 11.6 Å². The van der Waals surface area contributed by atoms with Crippen molar-refractivity contribution in [1.29, 1.82) is 0 Å². The molecule has 0 N–H and O–H groups in total. The van der Waals surface area contributed by atoms with Gasteiger partial charge in [-0.15, -0.1) is 0 Å². The third-order valence-corrected chi connectivity index (χ3v) is 0.858. The smallest absolute Gasteiger partial charge is 0.0416 e. The molecule has 0 atom stereocenters. The van der Waals surface area contributed by atoms with Crippen LogP contribution in [0.2, 0.25) is 0 Å². The maximum absolute atomic E-state index is 5.45. The minimum atomic E-state index is 0.821. The molecule has 0 aliphatic carbocycles. The summed E-state index contributed by atoms with van der Waals surface area (Å²) in [6.07, 6.45) is 4.26. The first kappa shape index (κ1) is 3.88. The van der Waals surface area contributed by atoms with E-state index < -0.39 is 0 Å². The molecule has 1 heterocycles. The molecule has 1 nitrogen and oxygen atoms in total. The van der Waals surface area contributed by atoms with Gasteiger partial charge < -0.3 is 0 Å². The molecule has 0 fully saturated rings. The summed E-state index contributed by atoms with van der Waals surface area (Å²) in [7, 11) is 0. The Morgan fingerprint density at radius 3 is 2.83 bits per heavy atom. The van der Waals surface area contributed by atoms with Gasteiger partial charge in [0, 0.05) is 23.9 Å². The average Bonchev–Trinajstić information content (AvgIpc) is 1.86. The highest BCUT2D eigenvalue weighted by molar-refractivity contribution is 6.30. The Hall–Kier alpha value is -0.300. The Kier molecular flexibility index (Phi) is 0.926. The fourth-order valence-electron chi connectivity index (χ4n) is 0.326. The first-order valence-corrected chi connectivity index (χ1v) is 2.13. The van der Waals surface area contributed by atoms with Gasteiger partial charge in [-0.05, 0) is 0 Å². The lowest BCUT2D eigenvalue weighted by Crippen LogP contribution is -1.60. The molecule has 0 amide bonds. The Morgan fingerprint density at radius 1 is 1.83 bits per heavy atom. The summed E-state index contributed by atoms with van der Waals surface area (Å²) in [5.41, 5.74) is 0. The van der Waals surface area contributed by atoms with Crippen molar-refractivity contribution in [3.8, 4) is 0 Å². The normalized spacial score (nSPS) is 18.5. The second kappa shape index (κ2) is 1.43. The topological polar surface area (TPSA) is 12.4 Å². The molecule has 2 heteroatoms. The van der Waals surface area contributed by atoms with Crippen molar-refractivity contribution in [3.05, 3.63) is 11.2 Å². The van der Waals surface area contributed by atoms with Crippen LogP contribution in [0, 0.1) is 0 Å². The van der Waals surface area contributed by atoms with Crippen LogP contribution in [0.15, 0.2) is 16.2 Å². The van der Waals surface area contributed by atoms with Crippen LogP contribution < -0.4 is 0 Å². The molecule has 0 unspecified atom stereocenters. The zero-order valence-corrected chi connectivity index (χ0v) is 3.94. The van der Waals surface area contributed by atoms with Crippen molar-refractivity contribution >= 4 is 17.8 Å². The summed E-state index contributed by atoms with van der Waals surface area (Å²) >= 11 is 5.45. The third kappa shape index (κ3) is 0.601. The molecule has 1 aliphatic rings. The van der Waals surface area contributed by atoms with Crippen LogP contribution in [-0.2, 0) is 0 Å². The van der Waals surface area contributed by atoms with E-state index in [0.717, 1.165) is 11.5 Å². The molecule has 0 aromatic carbocycles. The highest BCUT2D eigenvalue weighted by atomic mass is 35.5. The van der Waals surface area contributed by atoms with E-state index in [1.165, 1.54) is 0 Å². The standard InChI is InChI=1S/C4H4ClN/c5-4-1-2-6-3-4/h2-3H,1H2. The predicted octanol–water partition coefficient (Wildman–Crippen LogP) is 1.54. The van der Waals surface area contributed by atoms with Crippen LogP contribution in [0.1, 0.15) is 6.42 Å². The second-order valence-electron chi connectivity index (χ2n) is 1.11. The van der Waals surface area contributed by atoms with Gasteiger partial charge in [-0.25, -0.2) is 0 Å². The van der Waals surface area contributed by atoms with Crippen LogP contribution in [0.5, 0.6) is 0 Å². The lowest BCUT2D eigenvalue weighted by Gasteiger charge is -1.72. The molecule has 1 rings (SSSR count). The first-order valence-electron chi connectivity index (χ1n) is 1.76. The van der Waals surface area contributed by atoms with E-state index in [0.29, 0.717) is 0 Å². The number of nitrogens with zero attached hydrogens (tertiary/aromatic N) is 1. The molecule has 0 radical (unpaired) electrons. The Bertz CT molecular complexity index is 104. The first-order chi connectivity index (χ1) is 2.89. The molecule has 0 aromatic heterocycles. The molecule has 0 saturated carbocycles. The van der Waals surface area contributed by atoms with Gasteiger partial charge in [0.1, 0.15) is 0 Å². The van der Waals surface area contributed by atoms with Crippen molar-refractivity contribution in [2.24, 2.45) is 4.99 Å². The number of aliphatic imine (C=N–C) groups is 1. The van der Waals surface area contributed by atoms with Crippen molar-refractivity contribution in [1.82, 2.24) is 0 Å². The second-order valence-corrected chi connectivity index (χ2v) is 1.60. The molecular weight excluding hydrogens is 97.5 g/mol. The van der Waals surface area contributed by atoms with Gasteiger partial charge in [-0.2, -0.15) is 0 Å². The quantitative estimate of drug-likeness (QED) is 0.439. The largest absolute Gasteiger partial charge is 0.267 e. The summed E-state index contributed by atoms with van der Waals surface area (Å²) < 4.78 is 0. The van der Waals surface area contributed by atoms with Crippen LogP contribution in [0.25, 0.3) is 0 Å². The monoisotopic (exact) mass is 101 g/mol. The number of allylic oxidation sites excluding steroid dienone is 1. The number of rotatable bonds is 0. The van der Waals surface area contributed by atoms with Crippen LogP contribution in [0.4, 0.5) is 0 Å². The Labute approximate surface area is 41.3 Å². The summed E-state index contributed by atoms with van der Waals surface area (Å²) in [5, 5.41) is 0.829. The van der Waals surface area contributed by atoms with Gasteiger partial charge in [0.05, 0.1) is 0 Å². The number of hydrogen-bond donors (Lipinski definition) is 0. The van der Waals surface area contributed by atoms with Gasteiger partial charge in [0.25, 0.3) is 0 Å². The van der Waals surface area contributed by atoms with E-state index in [2.05, 4.69) is 4.99 Å². The zero-order valence-electron chi connectivity index (χ0n) is 3.19. The van der Waals surface area contributed by atoms with Crippen LogP contribution >= 0.6 is 11.6 Å². The molecule has 0 bridgehead atoms. The summed E-state index contributed by atoms with van der Waals surface area (Å²) in [5.74, 6) is 0. The Morgan fingerprint density at radius 2 is 2.67 bits per heavy atom. The van der Waals surface area contributed by atoms with Gasteiger partial charge >= 0.3 is 0 Å². The molecule has 0 spiro atoms. The van der Waals surface area contributed by atoms with Crippen molar-refractivity contribution < 1.29 is 0 Å². The fraction of sp³-hybridized carbons (Fsp3) is 0.250. The van der Waals surface area contributed by atoms with E-state index in [1.807, 2.05) is 0 Å². The van der Waals surface area contributed by atoms with Crippen molar-refractivity contribution in [2.75, 3.05) is 0 Å². The molecular formula is C4H4ClN. The zero-order chi connectivity index (χ0) is 4.41. The summed E-state index contributed by atoms with van der Waals surface area (Å²) in [6.45, 7) is 0. The SMILES string of the molecule is ClC1=CN=CC1. The molecule has 0 aromatic rings. The van der Waals surface area contributed by atoms with E-state index in [9.17, 15) is 0 Å². The van der Waals surface area contributed by atoms with Gasteiger partial charge in [0.2, 0.25) is 0 Å². The molecule has 1 aliphatic heterocycles. The van der Waals surface area contributed by atoms with Crippen molar-refractivity contribution in [3.63, 3.8) is 0 Å². The summed E-state index contributed by atoms with van der Waals surface area (Å²) in [4.78, 5) is 3.75. The Balaban J connectivity index is 2.61. The number of halogens is 1. The van der Waals surface area contributed by atoms with E-state index in [1.54, 1.807) is 12.4 Å². The highest BCUT2D eigenvalue weighted by Crippen LogP contribution is 2.08. The maximum atomic E-state index is 5.45. The molecule has 6 heavy (non-hydrogen) atoms. The minimum absolute atomic E-state index is 0.821. The van der Waals surface area contributed by atoms with E-state index >= 15 is 0 Å². The van der Waals surface area contributed by atoms with Gasteiger partial charge in [-0.1, -0.05) is 11.6 Å². The summed E-state index contributed by atoms with van der Waals surface area (Å²) in [6, 6.07) is 0. The number of hydrogen-bond acceptors (Lipinski definition) is 1. The lowest BCUT2D eigenvalue weighted by atomic mass is 10.5. The predicted molar refractivity (Wildman–Crippen MR) is 27.0 cm³/mol. The maximum Gasteiger partial charge on any atom is 0.0416 e. The lowest BCUT2D eigenvalue weighted by molar-refractivity contribution is 1.54. The van der Waals surface area contributed by atoms with Crippen LogP contribution in [-0.4, -0.2) is 6.21 Å².